The van der Waals surface area contributed by atoms with Gasteiger partial charge in [-0.25, -0.2) is 4.79 Å². The van der Waals surface area contributed by atoms with Crippen LogP contribution in [0.4, 0.5) is 10.8 Å². The Morgan fingerprint density at radius 3 is 2.79 bits per heavy atom. The molecule has 1 atom stereocenters. The predicted molar refractivity (Wildman–Crippen MR) is 133 cm³/mol. The number of amides is 1. The first kappa shape index (κ1) is 23.6. The third-order valence-electron chi connectivity index (χ3n) is 4.89. The molecule has 34 heavy (non-hydrogen) atoms. The third-order valence-corrected chi connectivity index (χ3v) is 6.87. The minimum Gasteiger partial charge on any atom is -0.492 e. The van der Waals surface area contributed by atoms with Gasteiger partial charge in [-0.1, -0.05) is 53.4 Å². The highest BCUT2D eigenvalue weighted by atomic mass is 32.2. The first-order valence-electron chi connectivity index (χ1n) is 10.6. The second-order valence-electron chi connectivity index (χ2n) is 7.24. The summed E-state index contributed by atoms with van der Waals surface area (Å²) in [6, 6.07) is 14.1. The number of ether oxygens (including phenoxy) is 1. The lowest BCUT2D eigenvalue weighted by atomic mass is 10.1. The molecule has 0 fully saturated rings. The number of carbonyl (C=O) groups is 2. The van der Waals surface area contributed by atoms with Crippen molar-refractivity contribution >= 4 is 56.7 Å². The quantitative estimate of drug-likeness (QED) is 0.228. The van der Waals surface area contributed by atoms with E-state index in [4.69, 9.17) is 4.74 Å². The Labute approximate surface area is 203 Å². The minimum atomic E-state index is -1.08. The molecule has 2 heterocycles. The number of carboxylic acid groups (broad SMARTS) is 1. The van der Waals surface area contributed by atoms with Gasteiger partial charge in [-0.3, -0.25) is 4.79 Å². The molecule has 9 nitrogen and oxygen atoms in total. The number of aromatic nitrogens is 3. The SMILES string of the molecule is CCOc1ccccc1Nc1nnc(SCC(=O)N[C@H](Cc2c[nH]c3ccccc23)C(=O)O)s1. The number of nitrogens with one attached hydrogen (secondary N) is 3. The maximum Gasteiger partial charge on any atom is 0.326 e. The number of rotatable bonds is 11. The molecule has 0 radical (unpaired) electrons. The van der Waals surface area contributed by atoms with Crippen LogP contribution in [0.15, 0.2) is 59.1 Å². The Kier molecular flexibility index (Phi) is 7.65. The zero-order valence-corrected chi connectivity index (χ0v) is 19.9. The van der Waals surface area contributed by atoms with Crippen molar-refractivity contribution in [3.05, 3.63) is 60.3 Å². The van der Waals surface area contributed by atoms with E-state index in [-0.39, 0.29) is 18.1 Å². The summed E-state index contributed by atoms with van der Waals surface area (Å²) in [5.74, 6) is -0.728. The first-order valence-corrected chi connectivity index (χ1v) is 12.4. The van der Waals surface area contributed by atoms with E-state index in [9.17, 15) is 14.7 Å². The number of fused-ring (bicyclic) bond motifs is 1. The second-order valence-corrected chi connectivity index (χ2v) is 9.44. The summed E-state index contributed by atoms with van der Waals surface area (Å²) < 4.78 is 6.19. The normalized spacial score (nSPS) is 11.8. The van der Waals surface area contributed by atoms with Crippen LogP contribution in [0.2, 0.25) is 0 Å². The molecule has 1 amide bonds. The molecule has 0 spiro atoms. The number of carbonyl (C=O) groups excluding carboxylic acids is 1. The molecule has 4 rings (SSSR count). The molecule has 0 unspecified atom stereocenters. The summed E-state index contributed by atoms with van der Waals surface area (Å²) in [4.78, 5) is 27.3. The zero-order valence-electron chi connectivity index (χ0n) is 18.3. The van der Waals surface area contributed by atoms with Crippen molar-refractivity contribution in [3.8, 4) is 5.75 Å². The lowest BCUT2D eigenvalue weighted by Crippen LogP contribution is -2.43. The van der Waals surface area contributed by atoms with Crippen molar-refractivity contribution < 1.29 is 19.4 Å². The largest absolute Gasteiger partial charge is 0.492 e. The number of anilines is 2. The van der Waals surface area contributed by atoms with Gasteiger partial charge in [0.1, 0.15) is 11.8 Å². The van der Waals surface area contributed by atoms with Crippen LogP contribution in [0.1, 0.15) is 12.5 Å². The van der Waals surface area contributed by atoms with Crippen molar-refractivity contribution in [1.82, 2.24) is 20.5 Å². The Morgan fingerprint density at radius 2 is 1.97 bits per heavy atom. The number of H-pyrrole nitrogens is 1. The number of aliphatic carboxylic acids is 1. The van der Waals surface area contributed by atoms with Gasteiger partial charge in [0.25, 0.3) is 0 Å². The molecule has 0 aliphatic heterocycles. The van der Waals surface area contributed by atoms with Crippen molar-refractivity contribution in [2.24, 2.45) is 0 Å². The van der Waals surface area contributed by atoms with E-state index >= 15 is 0 Å². The van der Waals surface area contributed by atoms with E-state index in [1.165, 1.54) is 23.1 Å². The summed E-state index contributed by atoms with van der Waals surface area (Å²) in [7, 11) is 0. The number of hydrogen-bond donors (Lipinski definition) is 4. The lowest BCUT2D eigenvalue weighted by Gasteiger charge is -2.14. The van der Waals surface area contributed by atoms with Gasteiger partial charge in [0, 0.05) is 23.5 Å². The van der Waals surface area contributed by atoms with Crippen LogP contribution in [-0.2, 0) is 16.0 Å². The van der Waals surface area contributed by atoms with E-state index in [1.54, 1.807) is 6.20 Å². The first-order chi connectivity index (χ1) is 16.5. The molecule has 4 N–H and O–H groups in total. The van der Waals surface area contributed by atoms with Gasteiger partial charge < -0.3 is 25.5 Å². The highest BCUT2D eigenvalue weighted by molar-refractivity contribution is 8.01. The zero-order chi connectivity index (χ0) is 23.9. The number of nitrogens with zero attached hydrogens (tertiary/aromatic N) is 2. The van der Waals surface area contributed by atoms with Gasteiger partial charge in [0.2, 0.25) is 11.0 Å². The monoisotopic (exact) mass is 497 g/mol. The molecule has 0 saturated heterocycles. The predicted octanol–water partition coefficient (Wildman–Crippen LogP) is 4.07. The van der Waals surface area contributed by atoms with Crippen LogP contribution in [-0.4, -0.2) is 50.6 Å². The molecule has 0 bridgehead atoms. The molecule has 0 aliphatic rings. The molecule has 2 aromatic carbocycles. The standard InChI is InChI=1S/C23H23N5O4S2/c1-2-32-19-10-6-5-9-17(19)26-22-27-28-23(34-22)33-13-20(29)25-18(21(30)31)11-14-12-24-16-8-4-3-7-15(14)16/h3-10,12,18,24H,2,11,13H2,1H3,(H,25,29)(H,26,27)(H,30,31)/t18-/m1/s1. The highest BCUT2D eigenvalue weighted by Gasteiger charge is 2.22. The molecule has 176 valence electrons. The minimum absolute atomic E-state index is 0.0296. The van der Waals surface area contributed by atoms with Crippen molar-refractivity contribution in [2.75, 3.05) is 17.7 Å². The Bertz CT molecular complexity index is 1290. The Hall–Kier alpha value is -3.57. The lowest BCUT2D eigenvalue weighted by molar-refractivity contribution is -0.141. The summed E-state index contributed by atoms with van der Waals surface area (Å²) in [6.45, 7) is 2.46. The van der Waals surface area contributed by atoms with Crippen molar-refractivity contribution in [2.45, 2.75) is 23.7 Å². The van der Waals surface area contributed by atoms with Gasteiger partial charge in [-0.15, -0.1) is 10.2 Å². The van der Waals surface area contributed by atoms with Crippen molar-refractivity contribution in [3.63, 3.8) is 0 Å². The van der Waals surface area contributed by atoms with Crippen LogP contribution >= 0.6 is 23.1 Å². The number of para-hydroxylation sites is 3. The second kappa shape index (κ2) is 11.0. The van der Waals surface area contributed by atoms with E-state index in [0.29, 0.717) is 21.8 Å². The topological polar surface area (TPSA) is 129 Å². The van der Waals surface area contributed by atoms with Gasteiger partial charge in [0.15, 0.2) is 4.34 Å². The summed E-state index contributed by atoms with van der Waals surface area (Å²) in [6.07, 6.45) is 1.96. The van der Waals surface area contributed by atoms with Gasteiger partial charge in [-0.05, 0) is 30.7 Å². The molecular weight excluding hydrogens is 474 g/mol. The number of hydrogen-bond acceptors (Lipinski definition) is 8. The average molecular weight is 498 g/mol. The van der Waals surface area contributed by atoms with Crippen LogP contribution < -0.4 is 15.4 Å². The fourth-order valence-electron chi connectivity index (χ4n) is 3.37. The maximum absolute atomic E-state index is 12.5. The fraction of sp³-hybridized carbons (Fsp3) is 0.217. The van der Waals surface area contributed by atoms with Gasteiger partial charge in [0.05, 0.1) is 18.0 Å². The van der Waals surface area contributed by atoms with Crippen LogP contribution in [0.25, 0.3) is 10.9 Å². The average Bonchev–Trinajstić information content (AvgIpc) is 3.45. The molecule has 0 saturated carbocycles. The van der Waals surface area contributed by atoms with Gasteiger partial charge in [-0.2, -0.15) is 0 Å². The molecule has 2 aromatic heterocycles. The third kappa shape index (κ3) is 5.86. The molecule has 0 aliphatic carbocycles. The van der Waals surface area contributed by atoms with E-state index in [2.05, 4.69) is 25.8 Å². The Balaban J connectivity index is 1.32. The summed E-state index contributed by atoms with van der Waals surface area (Å²) in [5.41, 5.74) is 2.53. The number of thioether (sulfide) groups is 1. The molecular formula is C23H23N5O4S2. The number of benzene rings is 2. The van der Waals surface area contributed by atoms with E-state index in [0.717, 1.165) is 22.2 Å². The van der Waals surface area contributed by atoms with Gasteiger partial charge >= 0.3 is 5.97 Å². The summed E-state index contributed by atoms with van der Waals surface area (Å²) in [5, 5.41) is 25.1. The van der Waals surface area contributed by atoms with Crippen LogP contribution in [0, 0.1) is 0 Å². The van der Waals surface area contributed by atoms with Crippen molar-refractivity contribution in [1.29, 1.82) is 0 Å². The smallest absolute Gasteiger partial charge is 0.326 e. The summed E-state index contributed by atoms with van der Waals surface area (Å²) >= 11 is 2.50. The highest BCUT2D eigenvalue weighted by Crippen LogP contribution is 2.31. The van der Waals surface area contributed by atoms with Crippen LogP contribution in [0.3, 0.4) is 0 Å². The number of carboxylic acids is 1. The number of aromatic amines is 1. The van der Waals surface area contributed by atoms with E-state index in [1.807, 2.05) is 55.5 Å². The molecule has 11 heteroatoms. The molecule has 4 aromatic rings. The van der Waals surface area contributed by atoms with Crippen LogP contribution in [0.5, 0.6) is 5.75 Å². The Morgan fingerprint density at radius 1 is 1.18 bits per heavy atom. The fourth-order valence-corrected chi connectivity index (χ4v) is 4.94. The maximum atomic E-state index is 12.5. The van der Waals surface area contributed by atoms with E-state index < -0.39 is 12.0 Å².